The summed E-state index contributed by atoms with van der Waals surface area (Å²) >= 11 is 0. The quantitative estimate of drug-likeness (QED) is 0.365. The Morgan fingerprint density at radius 1 is 1.29 bits per heavy atom. The van der Waals surface area contributed by atoms with E-state index < -0.39 is 0 Å². The Kier molecular flexibility index (Phi) is 5.25. The number of oxime groups is 1. The third-order valence-electron chi connectivity index (χ3n) is 3.18. The van der Waals surface area contributed by atoms with Crippen molar-refractivity contribution >= 4 is 5.71 Å². The smallest absolute Gasteiger partial charge is 0.204 e. The second kappa shape index (κ2) is 7.37. The fourth-order valence-corrected chi connectivity index (χ4v) is 2.02. The zero-order valence-corrected chi connectivity index (χ0v) is 12.2. The van der Waals surface area contributed by atoms with E-state index in [0.717, 1.165) is 30.6 Å². The van der Waals surface area contributed by atoms with Crippen LogP contribution in [0.2, 0.25) is 0 Å². The summed E-state index contributed by atoms with van der Waals surface area (Å²) in [6.45, 7) is 2.84. The molecule has 0 atom stereocenters. The molecule has 0 fully saturated rings. The van der Waals surface area contributed by atoms with Gasteiger partial charge in [0, 0.05) is 12.1 Å². The molecule has 0 spiro atoms. The molecule has 0 aliphatic carbocycles. The molecule has 0 saturated heterocycles. The molecule has 2 rings (SSSR count). The lowest BCUT2D eigenvalue weighted by molar-refractivity contribution is 0.319. The van der Waals surface area contributed by atoms with E-state index in [1.165, 1.54) is 0 Å². The number of aryl methyl sites for hydroxylation is 1. The maximum absolute atomic E-state index is 9.32. The monoisotopic (exact) mass is 289 g/mol. The van der Waals surface area contributed by atoms with Crippen LogP contribution in [0.3, 0.4) is 0 Å². The average molecular weight is 289 g/mol. The molecule has 1 N–H and O–H groups in total. The SMILES string of the molecule is CCCCCn1nnnc1/C(=N\O)c1ccc(OC)cc1. The number of tetrazole rings is 1. The fraction of sp³-hybridized carbons (Fsp3) is 0.429. The molecule has 0 bridgehead atoms. The standard InChI is InChI=1S/C14H19N5O2/c1-3-4-5-10-19-14(15-17-18-19)13(16-20)11-6-8-12(21-2)9-7-11/h6-9,20H,3-5,10H2,1-2H3/b16-13-. The first-order chi connectivity index (χ1) is 10.3. The van der Waals surface area contributed by atoms with E-state index in [4.69, 9.17) is 4.74 Å². The molecule has 2 aromatic rings. The van der Waals surface area contributed by atoms with Crippen molar-refractivity contribution in [2.45, 2.75) is 32.7 Å². The topological polar surface area (TPSA) is 85.4 Å². The van der Waals surface area contributed by atoms with Crippen LogP contribution in [0.15, 0.2) is 29.4 Å². The predicted octanol–water partition coefficient (Wildman–Crippen LogP) is 2.10. The Bertz CT molecular complexity index is 592. The van der Waals surface area contributed by atoms with Gasteiger partial charge >= 0.3 is 0 Å². The maximum atomic E-state index is 9.32. The van der Waals surface area contributed by atoms with Gasteiger partial charge in [-0.3, -0.25) is 0 Å². The number of methoxy groups -OCH3 is 1. The van der Waals surface area contributed by atoms with Gasteiger partial charge in [-0.1, -0.05) is 24.9 Å². The van der Waals surface area contributed by atoms with E-state index in [-0.39, 0.29) is 0 Å². The fourth-order valence-electron chi connectivity index (χ4n) is 2.02. The van der Waals surface area contributed by atoms with E-state index >= 15 is 0 Å². The Morgan fingerprint density at radius 2 is 2.05 bits per heavy atom. The maximum Gasteiger partial charge on any atom is 0.204 e. The van der Waals surface area contributed by atoms with Crippen LogP contribution in [-0.2, 0) is 6.54 Å². The van der Waals surface area contributed by atoms with Crippen molar-refractivity contribution < 1.29 is 9.94 Å². The van der Waals surface area contributed by atoms with Gasteiger partial charge in [-0.2, -0.15) is 0 Å². The number of hydrogen-bond acceptors (Lipinski definition) is 6. The summed E-state index contributed by atoms with van der Waals surface area (Å²) in [5.74, 6) is 1.19. The van der Waals surface area contributed by atoms with Gasteiger partial charge in [0.2, 0.25) is 5.82 Å². The van der Waals surface area contributed by atoms with Crippen LogP contribution < -0.4 is 4.74 Å². The van der Waals surface area contributed by atoms with Crippen molar-refractivity contribution in [3.8, 4) is 5.75 Å². The van der Waals surface area contributed by atoms with Crippen LogP contribution in [0.1, 0.15) is 37.6 Å². The third-order valence-corrected chi connectivity index (χ3v) is 3.18. The average Bonchev–Trinajstić information content (AvgIpc) is 2.97. The van der Waals surface area contributed by atoms with Gasteiger partial charge in [0.15, 0.2) is 5.71 Å². The summed E-state index contributed by atoms with van der Waals surface area (Å²) in [4.78, 5) is 0. The van der Waals surface area contributed by atoms with Crippen LogP contribution in [0.4, 0.5) is 0 Å². The normalized spacial score (nSPS) is 11.6. The Morgan fingerprint density at radius 3 is 2.67 bits per heavy atom. The molecule has 112 valence electrons. The minimum Gasteiger partial charge on any atom is -0.497 e. The molecule has 21 heavy (non-hydrogen) atoms. The molecule has 0 amide bonds. The van der Waals surface area contributed by atoms with Crippen molar-refractivity contribution in [2.24, 2.45) is 5.16 Å². The lowest BCUT2D eigenvalue weighted by Crippen LogP contribution is -2.14. The molecule has 0 saturated carbocycles. The molecule has 0 unspecified atom stereocenters. The highest BCUT2D eigenvalue weighted by Gasteiger charge is 2.16. The van der Waals surface area contributed by atoms with E-state index in [1.54, 1.807) is 36.1 Å². The largest absolute Gasteiger partial charge is 0.497 e. The van der Waals surface area contributed by atoms with Crippen LogP contribution in [0, 0.1) is 0 Å². The molecule has 7 heteroatoms. The number of benzene rings is 1. The van der Waals surface area contributed by atoms with Gasteiger partial charge in [-0.05, 0) is 41.1 Å². The highest BCUT2D eigenvalue weighted by molar-refractivity contribution is 6.10. The van der Waals surface area contributed by atoms with E-state index in [0.29, 0.717) is 18.1 Å². The Hall–Kier alpha value is -2.44. The Labute approximate surface area is 123 Å². The first-order valence-corrected chi connectivity index (χ1v) is 6.93. The molecule has 0 aliphatic heterocycles. The number of nitrogens with zero attached hydrogens (tertiary/aromatic N) is 5. The number of unbranched alkanes of at least 4 members (excludes halogenated alkanes) is 2. The third kappa shape index (κ3) is 3.56. The van der Waals surface area contributed by atoms with E-state index in [9.17, 15) is 5.21 Å². The van der Waals surface area contributed by atoms with Crippen LogP contribution in [0.5, 0.6) is 5.75 Å². The van der Waals surface area contributed by atoms with Crippen LogP contribution in [0.25, 0.3) is 0 Å². The minimum absolute atomic E-state index is 0.346. The molecule has 0 aliphatic rings. The summed E-state index contributed by atoms with van der Waals surface area (Å²) in [7, 11) is 1.60. The van der Waals surface area contributed by atoms with Crippen molar-refractivity contribution in [2.75, 3.05) is 7.11 Å². The first-order valence-electron chi connectivity index (χ1n) is 6.93. The number of hydrogen-bond donors (Lipinski definition) is 1. The molecule has 1 aromatic heterocycles. The minimum atomic E-state index is 0.346. The zero-order valence-electron chi connectivity index (χ0n) is 12.2. The van der Waals surface area contributed by atoms with Gasteiger partial charge < -0.3 is 9.94 Å². The number of aromatic nitrogens is 4. The Balaban J connectivity index is 2.23. The lowest BCUT2D eigenvalue weighted by Gasteiger charge is -2.07. The summed E-state index contributed by atoms with van der Waals surface area (Å²) in [6, 6.07) is 7.20. The number of rotatable bonds is 7. The molecular formula is C14H19N5O2. The summed E-state index contributed by atoms with van der Waals surface area (Å²) in [5, 5.41) is 24.3. The molecular weight excluding hydrogens is 270 g/mol. The molecule has 1 heterocycles. The van der Waals surface area contributed by atoms with Crippen molar-refractivity contribution in [1.29, 1.82) is 0 Å². The summed E-state index contributed by atoms with van der Waals surface area (Å²) < 4.78 is 6.78. The second-order valence-corrected chi connectivity index (χ2v) is 4.61. The highest BCUT2D eigenvalue weighted by atomic mass is 16.5. The predicted molar refractivity (Wildman–Crippen MR) is 77.8 cm³/mol. The van der Waals surface area contributed by atoms with Gasteiger partial charge in [0.25, 0.3) is 0 Å². The molecule has 0 radical (unpaired) electrons. The van der Waals surface area contributed by atoms with Crippen molar-refractivity contribution in [3.63, 3.8) is 0 Å². The van der Waals surface area contributed by atoms with Crippen molar-refractivity contribution in [1.82, 2.24) is 20.2 Å². The molecule has 1 aromatic carbocycles. The zero-order chi connectivity index (χ0) is 15.1. The van der Waals surface area contributed by atoms with Gasteiger partial charge in [-0.25, -0.2) is 4.68 Å². The first kappa shape index (κ1) is 15.0. The summed E-state index contributed by atoms with van der Waals surface area (Å²) in [5.41, 5.74) is 1.07. The van der Waals surface area contributed by atoms with E-state index in [2.05, 4.69) is 27.6 Å². The highest BCUT2D eigenvalue weighted by Crippen LogP contribution is 2.14. The lowest BCUT2D eigenvalue weighted by atomic mass is 10.1. The van der Waals surface area contributed by atoms with E-state index in [1.807, 2.05) is 0 Å². The molecule has 7 nitrogen and oxygen atoms in total. The van der Waals surface area contributed by atoms with Crippen LogP contribution in [-0.4, -0.2) is 38.2 Å². The van der Waals surface area contributed by atoms with Crippen LogP contribution >= 0.6 is 0 Å². The van der Waals surface area contributed by atoms with Gasteiger partial charge in [0.05, 0.1) is 7.11 Å². The van der Waals surface area contributed by atoms with Gasteiger partial charge in [0.1, 0.15) is 5.75 Å². The van der Waals surface area contributed by atoms with Gasteiger partial charge in [-0.15, -0.1) is 5.10 Å². The second-order valence-electron chi connectivity index (χ2n) is 4.61. The summed E-state index contributed by atoms with van der Waals surface area (Å²) in [6.07, 6.45) is 3.21. The van der Waals surface area contributed by atoms with Crippen molar-refractivity contribution in [3.05, 3.63) is 35.7 Å². The number of ether oxygens (including phenoxy) is 1.